The Morgan fingerprint density at radius 3 is 2.29 bits per heavy atom. The maximum absolute atomic E-state index is 12.6. The summed E-state index contributed by atoms with van der Waals surface area (Å²) in [6.45, 7) is 11.8. The van der Waals surface area contributed by atoms with Crippen molar-refractivity contribution < 1.29 is 33.3 Å². The molecule has 10 heteroatoms. The van der Waals surface area contributed by atoms with Crippen LogP contribution in [0.1, 0.15) is 34.1 Å². The van der Waals surface area contributed by atoms with E-state index in [1.165, 1.54) is 11.8 Å². The topological polar surface area (TPSA) is 115 Å². The SMILES string of the molecule is CCNCCOCCOCCOCC(=O)N1CC(OC(C)=O)CC1C(=O)NCC(C)C. The molecule has 0 spiro atoms. The Bertz CT molecular complexity index is 545. The Hall–Kier alpha value is -1.75. The number of likely N-dealkylation sites (tertiary alicyclic amines) is 1. The molecule has 0 aromatic heterocycles. The molecule has 2 unspecified atom stereocenters. The second-order valence-corrected chi connectivity index (χ2v) is 7.80. The van der Waals surface area contributed by atoms with Gasteiger partial charge in [0, 0.05) is 26.4 Å². The first-order valence-electron chi connectivity index (χ1n) is 11.0. The molecule has 0 aliphatic carbocycles. The number of hydrogen-bond acceptors (Lipinski definition) is 8. The second kappa shape index (κ2) is 16.0. The maximum atomic E-state index is 12.6. The summed E-state index contributed by atoms with van der Waals surface area (Å²) < 4.78 is 21.4. The number of carbonyl (C=O) groups is 3. The van der Waals surface area contributed by atoms with E-state index < -0.39 is 18.1 Å². The molecule has 2 amide bonds. The molecule has 0 bridgehead atoms. The molecular weight excluding hydrogens is 406 g/mol. The van der Waals surface area contributed by atoms with Gasteiger partial charge in [0.05, 0.1) is 39.6 Å². The van der Waals surface area contributed by atoms with Crippen molar-refractivity contribution >= 4 is 17.8 Å². The van der Waals surface area contributed by atoms with Crippen LogP contribution in [0.5, 0.6) is 0 Å². The highest BCUT2D eigenvalue weighted by molar-refractivity contribution is 5.89. The average Bonchev–Trinajstić information content (AvgIpc) is 3.13. The van der Waals surface area contributed by atoms with Gasteiger partial charge in [0.2, 0.25) is 11.8 Å². The molecule has 2 atom stereocenters. The van der Waals surface area contributed by atoms with Crippen molar-refractivity contribution in [2.24, 2.45) is 5.92 Å². The summed E-state index contributed by atoms with van der Waals surface area (Å²) in [5.74, 6) is -0.694. The van der Waals surface area contributed by atoms with Gasteiger partial charge < -0.3 is 34.5 Å². The van der Waals surface area contributed by atoms with Gasteiger partial charge in [-0.2, -0.15) is 0 Å². The highest BCUT2D eigenvalue weighted by Crippen LogP contribution is 2.21. The van der Waals surface area contributed by atoms with Crippen molar-refractivity contribution in [2.45, 2.75) is 46.3 Å². The molecule has 2 N–H and O–H groups in total. The van der Waals surface area contributed by atoms with Gasteiger partial charge in [-0.15, -0.1) is 0 Å². The van der Waals surface area contributed by atoms with Gasteiger partial charge in [0.1, 0.15) is 18.8 Å². The number of amides is 2. The van der Waals surface area contributed by atoms with E-state index in [1.807, 2.05) is 20.8 Å². The van der Waals surface area contributed by atoms with Crippen LogP contribution in [0.25, 0.3) is 0 Å². The number of ether oxygens (including phenoxy) is 4. The van der Waals surface area contributed by atoms with Crippen molar-refractivity contribution in [3.8, 4) is 0 Å². The zero-order chi connectivity index (χ0) is 23.1. The molecule has 0 aromatic rings. The van der Waals surface area contributed by atoms with Gasteiger partial charge in [0.25, 0.3) is 0 Å². The number of carbonyl (C=O) groups excluding carboxylic acids is 3. The van der Waals surface area contributed by atoms with Gasteiger partial charge in [-0.3, -0.25) is 14.4 Å². The molecule has 31 heavy (non-hydrogen) atoms. The average molecular weight is 446 g/mol. The number of hydrogen-bond donors (Lipinski definition) is 2. The fraction of sp³-hybridized carbons (Fsp3) is 0.857. The smallest absolute Gasteiger partial charge is 0.302 e. The summed E-state index contributed by atoms with van der Waals surface area (Å²) >= 11 is 0. The molecule has 1 rings (SSSR count). The van der Waals surface area contributed by atoms with E-state index in [-0.39, 0.29) is 38.0 Å². The largest absolute Gasteiger partial charge is 0.461 e. The standard InChI is InChI=1S/C21H39N3O7/c1-5-22-6-7-28-8-9-29-10-11-30-15-20(26)24-14-18(31-17(4)25)12-19(24)21(27)23-13-16(2)3/h16,18-19,22H,5-15H2,1-4H3,(H,23,27). The first-order valence-corrected chi connectivity index (χ1v) is 11.0. The highest BCUT2D eigenvalue weighted by atomic mass is 16.5. The molecule has 1 saturated heterocycles. The molecule has 0 aromatic carbocycles. The Labute approximate surface area is 185 Å². The lowest BCUT2D eigenvalue weighted by molar-refractivity contribution is -0.147. The predicted molar refractivity (Wildman–Crippen MR) is 115 cm³/mol. The summed E-state index contributed by atoms with van der Waals surface area (Å²) in [4.78, 5) is 37.8. The third-order valence-corrected chi connectivity index (χ3v) is 4.55. The van der Waals surface area contributed by atoms with Crippen molar-refractivity contribution in [1.82, 2.24) is 15.5 Å². The summed E-state index contributed by atoms with van der Waals surface area (Å²) in [5.41, 5.74) is 0. The fourth-order valence-electron chi connectivity index (χ4n) is 3.07. The Morgan fingerprint density at radius 1 is 1.03 bits per heavy atom. The van der Waals surface area contributed by atoms with Gasteiger partial charge in [-0.25, -0.2) is 0 Å². The van der Waals surface area contributed by atoms with Gasteiger partial charge in [-0.1, -0.05) is 20.8 Å². The van der Waals surface area contributed by atoms with Crippen LogP contribution >= 0.6 is 0 Å². The van der Waals surface area contributed by atoms with Crippen LogP contribution in [0.4, 0.5) is 0 Å². The van der Waals surface area contributed by atoms with E-state index in [0.717, 1.165) is 13.1 Å². The third kappa shape index (κ3) is 12.0. The lowest BCUT2D eigenvalue weighted by atomic mass is 10.1. The zero-order valence-corrected chi connectivity index (χ0v) is 19.3. The summed E-state index contributed by atoms with van der Waals surface area (Å²) in [6.07, 6.45) is -0.210. The molecule has 1 aliphatic heterocycles. The fourth-order valence-corrected chi connectivity index (χ4v) is 3.07. The summed E-state index contributed by atoms with van der Waals surface area (Å²) in [5, 5.41) is 6.01. The van der Waals surface area contributed by atoms with Gasteiger partial charge >= 0.3 is 5.97 Å². The van der Waals surface area contributed by atoms with E-state index >= 15 is 0 Å². The summed E-state index contributed by atoms with van der Waals surface area (Å²) in [6, 6.07) is -0.671. The maximum Gasteiger partial charge on any atom is 0.302 e. The van der Waals surface area contributed by atoms with Crippen molar-refractivity contribution in [1.29, 1.82) is 0 Å². The second-order valence-electron chi connectivity index (χ2n) is 7.80. The van der Waals surface area contributed by atoms with E-state index in [2.05, 4.69) is 10.6 Å². The van der Waals surface area contributed by atoms with Crippen LogP contribution in [-0.2, 0) is 33.3 Å². The monoisotopic (exact) mass is 445 g/mol. The van der Waals surface area contributed by atoms with Crippen LogP contribution in [0.15, 0.2) is 0 Å². The van der Waals surface area contributed by atoms with Crippen LogP contribution in [0.2, 0.25) is 0 Å². The molecule has 1 heterocycles. The molecule has 0 saturated carbocycles. The van der Waals surface area contributed by atoms with Crippen LogP contribution in [0, 0.1) is 5.92 Å². The lowest BCUT2D eigenvalue weighted by Crippen LogP contribution is -2.47. The minimum Gasteiger partial charge on any atom is -0.461 e. The van der Waals surface area contributed by atoms with Gasteiger partial charge in [0.15, 0.2) is 0 Å². The zero-order valence-electron chi connectivity index (χ0n) is 19.3. The minimum absolute atomic E-state index is 0.163. The van der Waals surface area contributed by atoms with E-state index in [9.17, 15) is 14.4 Å². The number of rotatable bonds is 16. The van der Waals surface area contributed by atoms with E-state index in [4.69, 9.17) is 18.9 Å². The van der Waals surface area contributed by atoms with Crippen molar-refractivity contribution in [2.75, 3.05) is 65.8 Å². The van der Waals surface area contributed by atoms with Crippen LogP contribution in [0.3, 0.4) is 0 Å². The Balaban J connectivity index is 2.32. The molecular formula is C21H39N3O7. The summed E-state index contributed by atoms with van der Waals surface area (Å²) in [7, 11) is 0. The molecule has 1 fully saturated rings. The number of likely N-dealkylation sites (N-methyl/N-ethyl adjacent to an activating group) is 1. The lowest BCUT2D eigenvalue weighted by Gasteiger charge is -2.24. The molecule has 0 radical (unpaired) electrons. The van der Waals surface area contributed by atoms with E-state index in [0.29, 0.717) is 38.9 Å². The van der Waals surface area contributed by atoms with Crippen LogP contribution < -0.4 is 10.6 Å². The molecule has 1 aliphatic rings. The highest BCUT2D eigenvalue weighted by Gasteiger charge is 2.40. The Morgan fingerprint density at radius 2 is 1.68 bits per heavy atom. The Kier molecular flexibility index (Phi) is 14.1. The quantitative estimate of drug-likeness (QED) is 0.251. The molecule has 10 nitrogen and oxygen atoms in total. The van der Waals surface area contributed by atoms with E-state index in [1.54, 1.807) is 0 Å². The third-order valence-electron chi connectivity index (χ3n) is 4.55. The predicted octanol–water partition coefficient (Wildman–Crippen LogP) is -0.0495. The first kappa shape index (κ1) is 27.3. The van der Waals surface area contributed by atoms with Crippen LogP contribution in [-0.4, -0.2) is 101 Å². The van der Waals surface area contributed by atoms with Crippen molar-refractivity contribution in [3.05, 3.63) is 0 Å². The normalized spacial score (nSPS) is 18.4. The minimum atomic E-state index is -0.671. The first-order chi connectivity index (χ1) is 14.8. The molecule has 180 valence electrons. The number of nitrogens with one attached hydrogen (secondary N) is 2. The van der Waals surface area contributed by atoms with Crippen molar-refractivity contribution in [3.63, 3.8) is 0 Å². The number of esters is 1. The number of nitrogens with zero attached hydrogens (tertiary/aromatic N) is 1. The van der Waals surface area contributed by atoms with Gasteiger partial charge in [-0.05, 0) is 12.5 Å².